The van der Waals surface area contributed by atoms with Crippen molar-refractivity contribution in [2.45, 2.75) is 168 Å². The summed E-state index contributed by atoms with van der Waals surface area (Å²) in [6, 6.07) is 0. The highest BCUT2D eigenvalue weighted by molar-refractivity contribution is 5.70. The molecule has 0 aliphatic rings. The molecule has 248 valence electrons. The van der Waals surface area contributed by atoms with E-state index in [0.717, 1.165) is 70.6 Å². The van der Waals surface area contributed by atoms with Crippen molar-refractivity contribution >= 4 is 11.9 Å². The SMILES string of the molecule is CC/C=C\C/C=C\C/C=C\CCCCCC(=O)OC(CO)COC(=O)CCCCCCC/C=C\CCCCCCCCC. The second-order valence-corrected chi connectivity index (χ2v) is 11.6. The monoisotopic (exact) mass is 602 g/mol. The van der Waals surface area contributed by atoms with E-state index in [4.69, 9.17) is 9.47 Å². The van der Waals surface area contributed by atoms with E-state index in [1.807, 2.05) is 0 Å². The van der Waals surface area contributed by atoms with Crippen LogP contribution in [0, 0.1) is 0 Å². The summed E-state index contributed by atoms with van der Waals surface area (Å²) in [5.41, 5.74) is 0. The predicted molar refractivity (Wildman–Crippen MR) is 182 cm³/mol. The molecule has 0 fully saturated rings. The Kier molecular flexibility index (Phi) is 32.6. The van der Waals surface area contributed by atoms with E-state index in [1.165, 1.54) is 64.2 Å². The molecule has 0 aromatic heterocycles. The average Bonchev–Trinajstić information content (AvgIpc) is 3.01. The minimum atomic E-state index is -0.788. The molecule has 0 heterocycles. The van der Waals surface area contributed by atoms with Gasteiger partial charge in [0.1, 0.15) is 6.61 Å². The molecule has 1 N–H and O–H groups in total. The first-order chi connectivity index (χ1) is 21.1. The van der Waals surface area contributed by atoms with E-state index in [1.54, 1.807) is 0 Å². The number of allylic oxidation sites excluding steroid dienone is 8. The van der Waals surface area contributed by atoms with Crippen LogP contribution in [0.5, 0.6) is 0 Å². The third-order valence-electron chi connectivity index (χ3n) is 7.36. The number of ether oxygens (including phenoxy) is 2. The summed E-state index contributed by atoms with van der Waals surface area (Å²) in [4.78, 5) is 24.1. The van der Waals surface area contributed by atoms with Gasteiger partial charge in [-0.25, -0.2) is 0 Å². The van der Waals surface area contributed by atoms with Gasteiger partial charge < -0.3 is 14.6 Å². The normalized spacial score (nSPS) is 12.7. The van der Waals surface area contributed by atoms with Gasteiger partial charge in [-0.05, 0) is 70.6 Å². The van der Waals surface area contributed by atoms with Gasteiger partial charge >= 0.3 is 11.9 Å². The Morgan fingerprint density at radius 2 is 1.00 bits per heavy atom. The van der Waals surface area contributed by atoms with E-state index < -0.39 is 6.10 Å². The highest BCUT2D eigenvalue weighted by Gasteiger charge is 2.16. The fourth-order valence-corrected chi connectivity index (χ4v) is 4.68. The number of hydrogen-bond acceptors (Lipinski definition) is 5. The molecule has 5 nitrogen and oxygen atoms in total. The third-order valence-corrected chi connectivity index (χ3v) is 7.36. The average molecular weight is 603 g/mol. The van der Waals surface area contributed by atoms with Crippen LogP contribution in [0.3, 0.4) is 0 Å². The van der Waals surface area contributed by atoms with E-state index in [-0.39, 0.29) is 25.2 Å². The third kappa shape index (κ3) is 32.6. The molecule has 0 rings (SSSR count). The van der Waals surface area contributed by atoms with Crippen LogP contribution in [0.15, 0.2) is 48.6 Å². The van der Waals surface area contributed by atoms with Crippen molar-refractivity contribution in [3.8, 4) is 0 Å². The van der Waals surface area contributed by atoms with Crippen LogP contribution in [0.25, 0.3) is 0 Å². The van der Waals surface area contributed by atoms with Crippen molar-refractivity contribution < 1.29 is 24.2 Å². The van der Waals surface area contributed by atoms with Crippen molar-refractivity contribution in [2.75, 3.05) is 13.2 Å². The molecule has 0 aromatic carbocycles. The fraction of sp³-hybridized carbons (Fsp3) is 0.737. The van der Waals surface area contributed by atoms with Gasteiger partial charge in [-0.3, -0.25) is 9.59 Å². The molecule has 0 aliphatic heterocycles. The molecule has 0 radical (unpaired) electrons. The van der Waals surface area contributed by atoms with Crippen molar-refractivity contribution in [3.05, 3.63) is 48.6 Å². The van der Waals surface area contributed by atoms with E-state index in [2.05, 4.69) is 62.5 Å². The maximum Gasteiger partial charge on any atom is 0.306 e. The zero-order valence-corrected chi connectivity index (χ0v) is 28.0. The van der Waals surface area contributed by atoms with Crippen LogP contribution in [0.1, 0.15) is 162 Å². The number of rotatable bonds is 31. The molecule has 0 amide bonds. The highest BCUT2D eigenvalue weighted by Crippen LogP contribution is 2.11. The van der Waals surface area contributed by atoms with Gasteiger partial charge in [0.05, 0.1) is 6.61 Å². The first-order valence-corrected chi connectivity index (χ1v) is 17.7. The van der Waals surface area contributed by atoms with E-state index in [9.17, 15) is 14.7 Å². The second-order valence-electron chi connectivity index (χ2n) is 11.6. The molecule has 1 atom stereocenters. The Hall–Kier alpha value is -2.14. The highest BCUT2D eigenvalue weighted by atomic mass is 16.6. The summed E-state index contributed by atoms with van der Waals surface area (Å²) in [5.74, 6) is -0.639. The van der Waals surface area contributed by atoms with E-state index in [0.29, 0.717) is 12.8 Å². The lowest BCUT2D eigenvalue weighted by Crippen LogP contribution is -2.28. The van der Waals surface area contributed by atoms with Gasteiger partial charge in [0.15, 0.2) is 6.10 Å². The quantitative estimate of drug-likeness (QED) is 0.0485. The number of aliphatic hydroxyl groups excluding tert-OH is 1. The van der Waals surface area contributed by atoms with Gasteiger partial charge in [-0.2, -0.15) is 0 Å². The lowest BCUT2D eigenvalue weighted by Gasteiger charge is -2.15. The minimum absolute atomic E-state index is 0.0829. The van der Waals surface area contributed by atoms with Gasteiger partial charge in [-0.1, -0.05) is 127 Å². The zero-order valence-electron chi connectivity index (χ0n) is 28.0. The van der Waals surface area contributed by atoms with E-state index >= 15 is 0 Å². The lowest BCUT2D eigenvalue weighted by atomic mass is 10.1. The predicted octanol–water partition coefficient (Wildman–Crippen LogP) is 10.7. The number of carbonyl (C=O) groups is 2. The summed E-state index contributed by atoms with van der Waals surface area (Å²) in [5, 5.41) is 9.51. The molecule has 1 unspecified atom stereocenters. The topological polar surface area (TPSA) is 72.8 Å². The Bertz CT molecular complexity index is 737. The van der Waals surface area contributed by atoms with Gasteiger partial charge in [-0.15, -0.1) is 0 Å². The fourth-order valence-electron chi connectivity index (χ4n) is 4.68. The Labute approximate surface area is 265 Å². The number of hydrogen-bond donors (Lipinski definition) is 1. The molecule has 0 saturated carbocycles. The smallest absolute Gasteiger partial charge is 0.306 e. The molecule has 0 aliphatic carbocycles. The van der Waals surface area contributed by atoms with Gasteiger partial charge in [0.2, 0.25) is 0 Å². The number of esters is 2. The summed E-state index contributed by atoms with van der Waals surface area (Å²) >= 11 is 0. The van der Waals surface area contributed by atoms with Crippen LogP contribution in [0.2, 0.25) is 0 Å². The largest absolute Gasteiger partial charge is 0.462 e. The first-order valence-electron chi connectivity index (χ1n) is 17.7. The van der Waals surface area contributed by atoms with Crippen molar-refractivity contribution in [3.63, 3.8) is 0 Å². The van der Waals surface area contributed by atoms with Gasteiger partial charge in [0.25, 0.3) is 0 Å². The Balaban J connectivity index is 3.64. The second kappa shape index (κ2) is 34.4. The first kappa shape index (κ1) is 40.9. The summed E-state index contributed by atoms with van der Waals surface area (Å²) in [6.45, 7) is 3.97. The molecule has 43 heavy (non-hydrogen) atoms. The van der Waals surface area contributed by atoms with Crippen molar-refractivity contribution in [1.29, 1.82) is 0 Å². The molecule has 0 spiro atoms. The molecule has 0 saturated heterocycles. The van der Waals surface area contributed by atoms with Crippen molar-refractivity contribution in [2.24, 2.45) is 0 Å². The van der Waals surface area contributed by atoms with Crippen LogP contribution in [-0.2, 0) is 19.1 Å². The molecular formula is C38H66O5. The van der Waals surface area contributed by atoms with Gasteiger partial charge in [0, 0.05) is 12.8 Å². The minimum Gasteiger partial charge on any atom is -0.462 e. The molecule has 5 heteroatoms. The standard InChI is InChI=1S/C38H66O5/c1-3-5-7-9-11-13-15-17-18-19-21-22-24-26-28-30-32-37(40)42-35-36(34-39)43-38(41)33-31-29-27-25-23-20-16-14-12-10-8-6-4-2/h6,8,12,14,18-20,23,36,39H,3-5,7,9-11,13,15-17,21-22,24-35H2,1-2H3/b8-6-,14-12-,19-18-,23-20-. The summed E-state index contributed by atoms with van der Waals surface area (Å²) in [7, 11) is 0. The van der Waals surface area contributed by atoms with Crippen LogP contribution in [-0.4, -0.2) is 36.4 Å². The van der Waals surface area contributed by atoms with Crippen LogP contribution < -0.4 is 0 Å². The Morgan fingerprint density at radius 1 is 0.558 bits per heavy atom. The maximum absolute atomic E-state index is 12.1. The number of aliphatic hydroxyl groups is 1. The number of carbonyl (C=O) groups excluding carboxylic acids is 2. The lowest BCUT2D eigenvalue weighted by molar-refractivity contribution is -0.161. The maximum atomic E-state index is 12.1. The summed E-state index contributed by atoms with van der Waals surface area (Å²) < 4.78 is 10.5. The van der Waals surface area contributed by atoms with Crippen LogP contribution >= 0.6 is 0 Å². The number of unbranched alkanes of at least 4 members (excludes halogenated alkanes) is 15. The Morgan fingerprint density at radius 3 is 1.56 bits per heavy atom. The van der Waals surface area contributed by atoms with Crippen molar-refractivity contribution in [1.82, 2.24) is 0 Å². The molecule has 0 aromatic rings. The molecular weight excluding hydrogens is 536 g/mol. The molecule has 0 bridgehead atoms. The summed E-state index contributed by atoms with van der Waals surface area (Å²) in [6.07, 6.45) is 41.7. The van der Waals surface area contributed by atoms with Crippen LogP contribution in [0.4, 0.5) is 0 Å². The zero-order chi connectivity index (χ0) is 31.5.